The van der Waals surface area contributed by atoms with Gasteiger partial charge in [0.2, 0.25) is 28.7 Å². The van der Waals surface area contributed by atoms with Crippen molar-refractivity contribution in [2.45, 2.75) is 0 Å². The van der Waals surface area contributed by atoms with Crippen LogP contribution in [0.1, 0.15) is 0 Å². The van der Waals surface area contributed by atoms with Gasteiger partial charge in [0, 0.05) is 16.5 Å². The van der Waals surface area contributed by atoms with E-state index in [1.54, 1.807) is 0 Å². The minimum Gasteiger partial charge on any atom is -0.509 e. The summed E-state index contributed by atoms with van der Waals surface area (Å²) in [5.41, 5.74) is -11.7. The van der Waals surface area contributed by atoms with Gasteiger partial charge in [-0.1, -0.05) is 0 Å². The summed E-state index contributed by atoms with van der Waals surface area (Å²) in [4.78, 5) is 11.8. The summed E-state index contributed by atoms with van der Waals surface area (Å²) in [5.74, 6) is -30.8. The Balaban J connectivity index is 1.55. The molecule has 0 spiro atoms. The Morgan fingerprint density at radius 3 is 1.00 bits per heavy atom. The molecule has 0 unspecified atom stereocenters. The minimum atomic E-state index is -1.63. The van der Waals surface area contributed by atoms with Gasteiger partial charge in [-0.3, -0.25) is 0 Å². The molecule has 2 aromatic heterocycles. The molecule has 8 aromatic rings. The van der Waals surface area contributed by atoms with Crippen molar-refractivity contribution in [3.8, 4) is 171 Å². The molecule has 0 aliphatic rings. The van der Waals surface area contributed by atoms with Gasteiger partial charge in [0.05, 0.1) is 31.5 Å². The quantitative estimate of drug-likeness (QED) is 0.0539. The van der Waals surface area contributed by atoms with Gasteiger partial charge in [0.25, 0.3) is 0 Å². The summed E-state index contributed by atoms with van der Waals surface area (Å²) in [5, 5.41) is 218. The highest BCUT2D eigenvalue weighted by molar-refractivity contribution is 7.27. The Labute approximate surface area is 385 Å². The van der Waals surface area contributed by atoms with Gasteiger partial charge in [0.1, 0.15) is 79.1 Å². The van der Waals surface area contributed by atoms with Crippen LogP contribution in [0.5, 0.6) is 115 Å². The van der Waals surface area contributed by atoms with Crippen LogP contribution >= 0.6 is 11.3 Å². The van der Waals surface area contributed by atoms with Crippen LogP contribution in [0.4, 0.5) is 0 Å². The molecule has 29 heteroatoms. The van der Waals surface area contributed by atoms with E-state index in [1.165, 1.54) is 0 Å². The third-order valence-corrected chi connectivity index (χ3v) is 12.1. The number of phenols is 20. The standard InChI is InChI=1S/C39H20B5N3O20S/c40-10-1(18(51)28(61)13(43)26(10)59)3-16(49)12(42)17(50)5-6-21(54)31(64)20(53)4(36(6)68-35(3)5)2-15(48)8(23(56)30(63)19(2)52)38-45-37(7-11(41)27(60)14(44)29(62)22(7)55)46-39(47-38)9-24(57)32(65)34(67)33(66)25(9)58/h48-67H. The first kappa shape index (κ1) is 45.4. The van der Waals surface area contributed by atoms with E-state index in [-0.39, 0.29) is 11.3 Å². The predicted molar refractivity (Wildman–Crippen MR) is 240 cm³/mol. The van der Waals surface area contributed by atoms with E-state index in [9.17, 15) is 102 Å². The normalized spacial score (nSPS) is 11.5. The molecule has 0 aliphatic carbocycles. The summed E-state index contributed by atoms with van der Waals surface area (Å²) >= 11 is 0.257. The Kier molecular flexibility index (Phi) is 10.00. The lowest BCUT2D eigenvalue weighted by molar-refractivity contribution is 0.329. The molecule has 0 atom stereocenters. The SMILES string of the molecule is [B]c1c(O)c([B])c(-c2nc(-c3c(O)c(O)c(O)c(O)c3O)nc(-c3c(O)c(O)c(O)c(-c4c(O)c(O)c(O)c5c4sc4c(-c6c([B])c(O)c([B])c(O)c6O)c(O)c([B])c(O)c45)c3O)n2)c(O)c1O. The van der Waals surface area contributed by atoms with Gasteiger partial charge in [-0.25, -0.2) is 15.0 Å². The molecular formula is C39H20B5N3O20S. The minimum absolute atomic E-state index is 0.257. The molecule has 68 heavy (non-hydrogen) atoms. The van der Waals surface area contributed by atoms with E-state index in [0.29, 0.717) is 0 Å². The fourth-order valence-electron chi connectivity index (χ4n) is 7.38. The molecule has 20 N–H and O–H groups in total. The van der Waals surface area contributed by atoms with Crippen LogP contribution in [0, 0.1) is 0 Å². The summed E-state index contributed by atoms with van der Waals surface area (Å²) in [7, 11) is 29.3. The maximum absolute atomic E-state index is 12.1. The molecule has 2 heterocycles. The number of fused-ring (bicyclic) bond motifs is 3. The van der Waals surface area contributed by atoms with Crippen LogP contribution in [0.15, 0.2) is 0 Å². The zero-order chi connectivity index (χ0) is 50.3. The highest BCUT2D eigenvalue weighted by Gasteiger charge is 2.37. The van der Waals surface area contributed by atoms with Gasteiger partial charge in [-0.2, -0.15) is 0 Å². The van der Waals surface area contributed by atoms with Crippen molar-refractivity contribution in [3.05, 3.63) is 0 Å². The zero-order valence-electron chi connectivity index (χ0n) is 33.1. The molecule has 8 rings (SSSR count). The lowest BCUT2D eigenvalue weighted by Crippen LogP contribution is -2.19. The number of hydrogen-bond donors (Lipinski definition) is 20. The number of nitrogens with zero attached hydrogens (tertiary/aromatic N) is 3. The number of aromatic nitrogens is 3. The van der Waals surface area contributed by atoms with Crippen molar-refractivity contribution in [1.82, 2.24) is 15.0 Å². The number of thiophene rings is 1. The fourth-order valence-corrected chi connectivity index (χ4v) is 8.79. The highest BCUT2D eigenvalue weighted by Crippen LogP contribution is 2.63. The van der Waals surface area contributed by atoms with Gasteiger partial charge in [-0.05, 0) is 27.3 Å². The Morgan fingerprint density at radius 1 is 0.221 bits per heavy atom. The third-order valence-electron chi connectivity index (χ3n) is 10.8. The van der Waals surface area contributed by atoms with Crippen molar-refractivity contribution in [1.29, 1.82) is 0 Å². The topological polar surface area (TPSA) is 443 Å². The van der Waals surface area contributed by atoms with Crippen molar-refractivity contribution in [2.24, 2.45) is 0 Å². The lowest BCUT2D eigenvalue weighted by atomic mass is 9.77. The van der Waals surface area contributed by atoms with Crippen LogP contribution in [-0.2, 0) is 0 Å². The number of phenolic OH excluding ortho intramolecular Hbond substituents is 20. The van der Waals surface area contributed by atoms with Crippen molar-refractivity contribution in [3.63, 3.8) is 0 Å². The monoisotopic (exact) mass is 937 g/mol. The molecule has 0 aliphatic heterocycles. The molecule has 0 saturated carbocycles. The van der Waals surface area contributed by atoms with Crippen LogP contribution in [0.25, 0.3) is 76.6 Å². The Morgan fingerprint density at radius 2 is 0.515 bits per heavy atom. The largest absolute Gasteiger partial charge is 0.509 e. The average Bonchev–Trinajstić information content (AvgIpc) is 3.70. The second kappa shape index (κ2) is 15.0. The Bertz CT molecular complexity index is 3490. The molecule has 332 valence electrons. The first-order valence-electron chi connectivity index (χ1n) is 18.2. The predicted octanol–water partition coefficient (Wildman–Crippen LogP) is -1.34. The van der Waals surface area contributed by atoms with E-state index in [2.05, 4.69) is 15.0 Å². The molecule has 0 saturated heterocycles. The van der Waals surface area contributed by atoms with Crippen molar-refractivity contribution < 1.29 is 102 Å². The molecule has 6 aromatic carbocycles. The first-order valence-corrected chi connectivity index (χ1v) is 19.0. The summed E-state index contributed by atoms with van der Waals surface area (Å²) < 4.78 is -1.19. The number of hydrogen-bond acceptors (Lipinski definition) is 24. The van der Waals surface area contributed by atoms with E-state index in [0.717, 1.165) is 0 Å². The van der Waals surface area contributed by atoms with E-state index in [1.807, 2.05) is 0 Å². The molecule has 10 radical (unpaired) electrons. The molecule has 23 nitrogen and oxygen atoms in total. The average molecular weight is 937 g/mol. The number of aromatic hydroxyl groups is 20. The van der Waals surface area contributed by atoms with Crippen LogP contribution in [-0.4, -0.2) is 156 Å². The van der Waals surface area contributed by atoms with Gasteiger partial charge < -0.3 is 102 Å². The Hall–Kier alpha value is -9.13. The van der Waals surface area contributed by atoms with E-state index >= 15 is 0 Å². The van der Waals surface area contributed by atoms with Gasteiger partial charge in [-0.15, -0.1) is 11.3 Å². The summed E-state index contributed by atoms with van der Waals surface area (Å²) in [6.45, 7) is 0. The lowest BCUT2D eigenvalue weighted by Gasteiger charge is -2.19. The summed E-state index contributed by atoms with van der Waals surface area (Å²) in [6.07, 6.45) is 0. The second-order valence-corrected chi connectivity index (χ2v) is 15.5. The maximum atomic E-state index is 12.1. The highest BCUT2D eigenvalue weighted by atomic mass is 32.1. The van der Waals surface area contributed by atoms with Crippen molar-refractivity contribution in [2.75, 3.05) is 0 Å². The molecule has 0 amide bonds. The van der Waals surface area contributed by atoms with Crippen molar-refractivity contribution >= 4 is 98.1 Å². The molecule has 0 bridgehead atoms. The fraction of sp³-hybridized carbons (Fsp3) is 0. The summed E-state index contributed by atoms with van der Waals surface area (Å²) in [6, 6.07) is 0. The zero-order valence-corrected chi connectivity index (χ0v) is 33.9. The number of benzene rings is 6. The van der Waals surface area contributed by atoms with Gasteiger partial charge >= 0.3 is 0 Å². The van der Waals surface area contributed by atoms with E-state index < -0.39 is 219 Å². The first-order chi connectivity index (χ1) is 31.7. The van der Waals surface area contributed by atoms with Crippen LogP contribution < -0.4 is 27.3 Å². The number of rotatable bonds is 5. The van der Waals surface area contributed by atoms with Gasteiger partial charge in [0.15, 0.2) is 75.0 Å². The van der Waals surface area contributed by atoms with E-state index in [4.69, 9.17) is 39.2 Å². The smallest absolute Gasteiger partial charge is 0.208 e. The molecular weight excluding hydrogens is 917 g/mol. The third kappa shape index (κ3) is 5.81. The van der Waals surface area contributed by atoms with Crippen LogP contribution in [0.3, 0.4) is 0 Å². The molecule has 0 fully saturated rings. The van der Waals surface area contributed by atoms with Crippen LogP contribution in [0.2, 0.25) is 0 Å². The second-order valence-electron chi connectivity index (χ2n) is 14.5. The maximum Gasteiger partial charge on any atom is 0.208 e.